The van der Waals surface area contributed by atoms with Crippen molar-refractivity contribution in [3.63, 3.8) is 0 Å². The van der Waals surface area contributed by atoms with Crippen LogP contribution < -0.4 is 0 Å². The number of nitrogens with zero attached hydrogens (tertiary/aromatic N) is 1. The van der Waals surface area contributed by atoms with Crippen LogP contribution in [-0.4, -0.2) is 18.5 Å². The molecule has 0 heterocycles. The van der Waals surface area contributed by atoms with E-state index in [9.17, 15) is 0 Å². The third-order valence-corrected chi connectivity index (χ3v) is 1.27. The van der Waals surface area contributed by atoms with Gasteiger partial charge in [0.15, 0.2) is 0 Å². The van der Waals surface area contributed by atoms with E-state index in [0.717, 1.165) is 5.92 Å². The van der Waals surface area contributed by atoms with Gasteiger partial charge in [-0.2, -0.15) is 0 Å². The fraction of sp³-hybridized carbons (Fsp3) is 0.833. The van der Waals surface area contributed by atoms with Gasteiger partial charge in [-0.05, 0) is 25.8 Å². The Morgan fingerprint density at radius 1 is 1.71 bits per heavy atom. The topological polar surface area (TPSA) is 3.24 Å². The molecule has 1 heteroatoms. The van der Waals surface area contributed by atoms with Crippen LogP contribution in [0.15, 0.2) is 0 Å². The molecule has 0 bridgehead atoms. The average molecular weight is 98.2 g/mol. The molecule has 1 radical (unpaired) electrons. The van der Waals surface area contributed by atoms with Crippen LogP contribution in [0.3, 0.4) is 0 Å². The second kappa shape index (κ2) is 1.83. The third kappa shape index (κ3) is 1.93. The van der Waals surface area contributed by atoms with Crippen LogP contribution in [0.2, 0.25) is 0 Å². The van der Waals surface area contributed by atoms with E-state index in [1.165, 1.54) is 19.4 Å². The van der Waals surface area contributed by atoms with Crippen molar-refractivity contribution in [2.24, 2.45) is 5.92 Å². The summed E-state index contributed by atoms with van der Waals surface area (Å²) in [5, 5.41) is 0. The lowest BCUT2D eigenvalue weighted by Crippen LogP contribution is -2.11. The zero-order chi connectivity index (χ0) is 5.28. The summed E-state index contributed by atoms with van der Waals surface area (Å²) >= 11 is 0. The van der Waals surface area contributed by atoms with Gasteiger partial charge in [0, 0.05) is 13.6 Å². The van der Waals surface area contributed by atoms with Crippen molar-refractivity contribution in [3.05, 3.63) is 7.05 Å². The maximum atomic E-state index is 3.75. The summed E-state index contributed by atoms with van der Waals surface area (Å²) in [7, 11) is 5.78. The second-order valence-electron chi connectivity index (χ2n) is 2.48. The predicted molar refractivity (Wildman–Crippen MR) is 30.7 cm³/mol. The van der Waals surface area contributed by atoms with Crippen molar-refractivity contribution >= 4 is 0 Å². The van der Waals surface area contributed by atoms with Crippen LogP contribution in [0.4, 0.5) is 0 Å². The van der Waals surface area contributed by atoms with Gasteiger partial charge in [-0.3, -0.25) is 0 Å². The first kappa shape index (κ1) is 5.10. The molecule has 0 saturated heterocycles. The van der Waals surface area contributed by atoms with Crippen molar-refractivity contribution < 1.29 is 0 Å². The van der Waals surface area contributed by atoms with Crippen molar-refractivity contribution in [1.29, 1.82) is 0 Å². The zero-order valence-electron chi connectivity index (χ0n) is 4.85. The smallest absolute Gasteiger partial charge is 0.0106 e. The van der Waals surface area contributed by atoms with Gasteiger partial charge in [0.2, 0.25) is 0 Å². The van der Waals surface area contributed by atoms with Crippen molar-refractivity contribution in [2.45, 2.75) is 12.8 Å². The Balaban J connectivity index is 1.97. The lowest BCUT2D eigenvalue weighted by molar-refractivity contribution is 0.427. The summed E-state index contributed by atoms with van der Waals surface area (Å²) in [4.78, 5) is 2.01. The highest BCUT2D eigenvalue weighted by molar-refractivity contribution is 4.75. The molecule has 1 saturated carbocycles. The fourth-order valence-corrected chi connectivity index (χ4v) is 0.741. The minimum Gasteiger partial charge on any atom is -0.305 e. The van der Waals surface area contributed by atoms with Gasteiger partial charge in [-0.1, -0.05) is 0 Å². The van der Waals surface area contributed by atoms with Gasteiger partial charge in [-0.15, -0.1) is 0 Å². The molecule has 0 atom stereocenters. The molecule has 0 unspecified atom stereocenters. The first-order chi connectivity index (χ1) is 3.29. The van der Waals surface area contributed by atoms with E-state index in [2.05, 4.69) is 7.05 Å². The maximum Gasteiger partial charge on any atom is 0.0106 e. The molecule has 1 aliphatic rings. The van der Waals surface area contributed by atoms with Crippen LogP contribution >= 0.6 is 0 Å². The Bertz CT molecular complexity index is 55.2. The summed E-state index contributed by atoms with van der Waals surface area (Å²) in [6.45, 7) is 1.19. The van der Waals surface area contributed by atoms with E-state index >= 15 is 0 Å². The van der Waals surface area contributed by atoms with E-state index in [-0.39, 0.29) is 0 Å². The SMILES string of the molecule is [CH2]N(C)CC1CC1. The normalized spacial score (nSPS) is 21.0. The first-order valence-electron chi connectivity index (χ1n) is 2.80. The summed E-state index contributed by atoms with van der Waals surface area (Å²) in [6.07, 6.45) is 2.86. The van der Waals surface area contributed by atoms with Crippen LogP contribution in [0.5, 0.6) is 0 Å². The molecule has 41 valence electrons. The van der Waals surface area contributed by atoms with Gasteiger partial charge in [0.05, 0.1) is 0 Å². The molecular formula is C6H12N. The highest BCUT2D eigenvalue weighted by Gasteiger charge is 2.21. The van der Waals surface area contributed by atoms with Gasteiger partial charge in [0.25, 0.3) is 0 Å². The Kier molecular flexibility index (Phi) is 1.33. The zero-order valence-corrected chi connectivity index (χ0v) is 4.85. The standard InChI is InChI=1S/C6H12N/c1-7(2)5-6-3-4-6/h6H,1,3-5H2,2H3. The molecule has 0 spiro atoms. The van der Waals surface area contributed by atoms with E-state index in [1.54, 1.807) is 0 Å². The van der Waals surface area contributed by atoms with Gasteiger partial charge < -0.3 is 4.90 Å². The van der Waals surface area contributed by atoms with E-state index in [0.29, 0.717) is 0 Å². The number of hydrogen-bond donors (Lipinski definition) is 0. The van der Waals surface area contributed by atoms with Crippen LogP contribution in [0.1, 0.15) is 12.8 Å². The molecule has 1 nitrogen and oxygen atoms in total. The van der Waals surface area contributed by atoms with E-state index < -0.39 is 0 Å². The quantitative estimate of drug-likeness (QED) is 0.500. The van der Waals surface area contributed by atoms with Gasteiger partial charge in [-0.25, -0.2) is 0 Å². The summed E-state index contributed by atoms with van der Waals surface area (Å²) < 4.78 is 0. The largest absolute Gasteiger partial charge is 0.305 e. The number of rotatable bonds is 2. The predicted octanol–water partition coefficient (Wildman–Crippen LogP) is 1.12. The second-order valence-corrected chi connectivity index (χ2v) is 2.48. The molecule has 7 heavy (non-hydrogen) atoms. The molecule has 1 fully saturated rings. The highest BCUT2D eigenvalue weighted by atomic mass is 15.1. The molecule has 1 aliphatic carbocycles. The van der Waals surface area contributed by atoms with Crippen LogP contribution in [0.25, 0.3) is 0 Å². The Morgan fingerprint density at radius 3 is 2.43 bits per heavy atom. The summed E-state index contributed by atoms with van der Waals surface area (Å²) in [5.74, 6) is 0.988. The molecule has 1 rings (SSSR count). The molecule has 0 aromatic carbocycles. The Hall–Kier alpha value is -0.0400. The highest BCUT2D eigenvalue weighted by Crippen LogP contribution is 2.28. The Labute approximate surface area is 45.3 Å². The Morgan fingerprint density at radius 2 is 2.29 bits per heavy atom. The molecule has 0 aromatic rings. The van der Waals surface area contributed by atoms with E-state index in [1.807, 2.05) is 11.9 Å². The molecule has 0 N–H and O–H groups in total. The first-order valence-corrected chi connectivity index (χ1v) is 2.80. The monoisotopic (exact) mass is 98.1 g/mol. The average Bonchev–Trinajstić information content (AvgIpc) is 2.17. The van der Waals surface area contributed by atoms with Gasteiger partial charge >= 0.3 is 0 Å². The maximum absolute atomic E-state index is 3.75. The minimum atomic E-state index is 0.988. The lowest BCUT2D eigenvalue weighted by Gasteiger charge is -2.05. The van der Waals surface area contributed by atoms with Crippen LogP contribution in [0, 0.1) is 13.0 Å². The van der Waals surface area contributed by atoms with E-state index in [4.69, 9.17) is 0 Å². The number of hydrogen-bond acceptors (Lipinski definition) is 1. The third-order valence-electron chi connectivity index (χ3n) is 1.27. The minimum absolute atomic E-state index is 0.988. The van der Waals surface area contributed by atoms with Gasteiger partial charge in [0.1, 0.15) is 0 Å². The molecular weight excluding hydrogens is 86.1 g/mol. The fourth-order valence-electron chi connectivity index (χ4n) is 0.741. The summed E-state index contributed by atoms with van der Waals surface area (Å²) in [6, 6.07) is 0. The van der Waals surface area contributed by atoms with Crippen molar-refractivity contribution in [2.75, 3.05) is 13.6 Å². The molecule has 0 amide bonds. The van der Waals surface area contributed by atoms with Crippen molar-refractivity contribution in [1.82, 2.24) is 4.90 Å². The molecule has 0 aliphatic heterocycles. The van der Waals surface area contributed by atoms with Crippen molar-refractivity contribution in [3.8, 4) is 0 Å². The lowest BCUT2D eigenvalue weighted by atomic mass is 10.4. The summed E-state index contributed by atoms with van der Waals surface area (Å²) in [5.41, 5.74) is 0. The van der Waals surface area contributed by atoms with Crippen LogP contribution in [-0.2, 0) is 0 Å². The molecule has 0 aromatic heterocycles.